The average Bonchev–Trinajstić information content (AvgIpc) is 2.52. The second-order valence-electron chi connectivity index (χ2n) is 7.66. The first kappa shape index (κ1) is 21.5. The van der Waals surface area contributed by atoms with E-state index >= 15 is 0 Å². The van der Waals surface area contributed by atoms with Crippen molar-refractivity contribution >= 4 is 0 Å². The highest BCUT2D eigenvalue weighted by Crippen LogP contribution is 2.30. The van der Waals surface area contributed by atoms with Crippen LogP contribution in [-0.2, 0) is 0 Å². The first-order valence-electron chi connectivity index (χ1n) is 9.76. The van der Waals surface area contributed by atoms with Crippen molar-refractivity contribution < 1.29 is 0 Å². The fraction of sp³-hybridized carbons (Fsp3) is 0.818. The molecule has 0 heterocycles. The second kappa shape index (κ2) is 12.0. The van der Waals surface area contributed by atoms with E-state index in [-0.39, 0.29) is 0 Å². The van der Waals surface area contributed by atoms with Crippen molar-refractivity contribution in [2.75, 3.05) is 0 Å². The number of hydrogen-bond acceptors (Lipinski definition) is 0. The Kier molecular flexibility index (Phi) is 11.7. The van der Waals surface area contributed by atoms with Crippen LogP contribution in [0, 0.1) is 23.7 Å². The summed E-state index contributed by atoms with van der Waals surface area (Å²) in [4.78, 5) is 0. The van der Waals surface area contributed by atoms with Gasteiger partial charge in [-0.3, -0.25) is 0 Å². The molecule has 3 unspecified atom stereocenters. The van der Waals surface area contributed by atoms with Crippen molar-refractivity contribution in [1.82, 2.24) is 0 Å². The largest absolute Gasteiger partial charge is 0.0730 e. The molecule has 0 aromatic heterocycles. The topological polar surface area (TPSA) is 0 Å². The highest BCUT2D eigenvalue weighted by molar-refractivity contribution is 5.24. The molecule has 0 saturated heterocycles. The minimum Gasteiger partial charge on any atom is -0.0730 e. The Morgan fingerprint density at radius 1 is 0.773 bits per heavy atom. The molecule has 1 rings (SSSR count). The molecule has 3 atom stereocenters. The highest BCUT2D eigenvalue weighted by Gasteiger charge is 2.16. The summed E-state index contributed by atoms with van der Waals surface area (Å²) in [7, 11) is 0. The summed E-state index contributed by atoms with van der Waals surface area (Å²) in [6.45, 7) is 18.2. The van der Waals surface area contributed by atoms with Crippen molar-refractivity contribution in [2.24, 2.45) is 23.7 Å². The third-order valence-corrected chi connectivity index (χ3v) is 5.25. The maximum absolute atomic E-state index is 2.46. The normalized spacial score (nSPS) is 18.8. The number of allylic oxidation sites excluding steroid dienone is 4. The summed E-state index contributed by atoms with van der Waals surface area (Å²) in [5, 5.41) is 0. The molecule has 0 radical (unpaired) electrons. The zero-order valence-electron chi connectivity index (χ0n) is 16.7. The minimum absolute atomic E-state index is 0.777. The van der Waals surface area contributed by atoms with E-state index in [1.807, 2.05) is 13.8 Å². The van der Waals surface area contributed by atoms with E-state index in [4.69, 9.17) is 0 Å². The lowest BCUT2D eigenvalue weighted by molar-refractivity contribution is 0.305. The molecular formula is C22H42. The van der Waals surface area contributed by atoms with E-state index in [0.29, 0.717) is 0 Å². The standard InChI is InChI=1S/C20H36.C2H6/c1-15(2)7-10-17(4)18(5)11-12-19(6)20-13-8-16(3)9-14-20;1-2/h8,13,15,17-19H,7,9-12,14H2,1-6H3;1-2H3. The van der Waals surface area contributed by atoms with Crippen molar-refractivity contribution in [3.05, 3.63) is 23.3 Å². The van der Waals surface area contributed by atoms with Crippen LogP contribution in [0.2, 0.25) is 0 Å². The van der Waals surface area contributed by atoms with Gasteiger partial charge in [0.1, 0.15) is 0 Å². The van der Waals surface area contributed by atoms with Crippen LogP contribution in [0.1, 0.15) is 93.9 Å². The molecule has 0 aromatic rings. The minimum atomic E-state index is 0.777. The maximum Gasteiger partial charge on any atom is -0.0228 e. The van der Waals surface area contributed by atoms with Gasteiger partial charge in [0.25, 0.3) is 0 Å². The van der Waals surface area contributed by atoms with Crippen LogP contribution in [0.3, 0.4) is 0 Å². The van der Waals surface area contributed by atoms with Crippen LogP contribution in [0.5, 0.6) is 0 Å². The molecule has 0 aromatic carbocycles. The fourth-order valence-corrected chi connectivity index (χ4v) is 3.03. The lowest BCUT2D eigenvalue weighted by Crippen LogP contribution is -2.12. The molecule has 0 bridgehead atoms. The Morgan fingerprint density at radius 3 is 1.77 bits per heavy atom. The summed E-state index contributed by atoms with van der Waals surface area (Å²) in [5.41, 5.74) is 3.22. The predicted octanol–water partition coefficient (Wildman–Crippen LogP) is 7.80. The molecule has 22 heavy (non-hydrogen) atoms. The Morgan fingerprint density at radius 2 is 1.32 bits per heavy atom. The summed E-state index contributed by atoms with van der Waals surface area (Å²) >= 11 is 0. The van der Waals surface area contributed by atoms with E-state index < -0.39 is 0 Å². The van der Waals surface area contributed by atoms with E-state index in [1.54, 1.807) is 5.57 Å². The van der Waals surface area contributed by atoms with Crippen LogP contribution in [0.25, 0.3) is 0 Å². The van der Waals surface area contributed by atoms with E-state index in [9.17, 15) is 0 Å². The van der Waals surface area contributed by atoms with Gasteiger partial charge in [0.15, 0.2) is 0 Å². The molecule has 0 nitrogen and oxygen atoms in total. The van der Waals surface area contributed by atoms with Crippen molar-refractivity contribution in [3.63, 3.8) is 0 Å². The lowest BCUT2D eigenvalue weighted by Gasteiger charge is -2.24. The Bertz CT molecular complexity index is 332. The monoisotopic (exact) mass is 306 g/mol. The van der Waals surface area contributed by atoms with Gasteiger partial charge in [-0.1, -0.05) is 84.6 Å². The summed E-state index contributed by atoms with van der Waals surface area (Å²) in [5.74, 6) is 3.38. The number of rotatable bonds is 8. The molecule has 0 amide bonds. The maximum atomic E-state index is 2.46. The molecule has 0 heteroatoms. The van der Waals surface area contributed by atoms with Crippen LogP contribution in [0.4, 0.5) is 0 Å². The van der Waals surface area contributed by atoms with E-state index in [2.05, 4.69) is 53.7 Å². The van der Waals surface area contributed by atoms with Gasteiger partial charge < -0.3 is 0 Å². The van der Waals surface area contributed by atoms with Crippen LogP contribution >= 0.6 is 0 Å². The predicted molar refractivity (Wildman–Crippen MR) is 103 cm³/mol. The van der Waals surface area contributed by atoms with Gasteiger partial charge in [-0.2, -0.15) is 0 Å². The van der Waals surface area contributed by atoms with Gasteiger partial charge in [-0.15, -0.1) is 0 Å². The zero-order valence-corrected chi connectivity index (χ0v) is 16.7. The third-order valence-electron chi connectivity index (χ3n) is 5.25. The molecule has 0 N–H and O–H groups in total. The first-order valence-corrected chi connectivity index (χ1v) is 9.76. The number of hydrogen-bond donors (Lipinski definition) is 0. The van der Waals surface area contributed by atoms with Gasteiger partial charge >= 0.3 is 0 Å². The average molecular weight is 307 g/mol. The summed E-state index contributed by atoms with van der Waals surface area (Å²) in [6, 6.07) is 0. The van der Waals surface area contributed by atoms with Gasteiger partial charge in [-0.25, -0.2) is 0 Å². The molecule has 1 aliphatic rings. The third kappa shape index (κ3) is 8.81. The van der Waals surface area contributed by atoms with Crippen molar-refractivity contribution in [1.29, 1.82) is 0 Å². The lowest BCUT2D eigenvalue weighted by atomic mass is 9.82. The fourth-order valence-electron chi connectivity index (χ4n) is 3.03. The quantitative estimate of drug-likeness (QED) is 0.429. The first-order chi connectivity index (χ1) is 10.4. The van der Waals surface area contributed by atoms with Crippen LogP contribution < -0.4 is 0 Å². The summed E-state index contributed by atoms with van der Waals surface area (Å²) < 4.78 is 0. The van der Waals surface area contributed by atoms with Crippen molar-refractivity contribution in [2.45, 2.75) is 93.9 Å². The summed E-state index contributed by atoms with van der Waals surface area (Å²) in [6.07, 6.45) is 12.8. The molecule has 0 spiro atoms. The molecule has 1 aliphatic carbocycles. The van der Waals surface area contributed by atoms with Crippen LogP contribution in [0.15, 0.2) is 23.3 Å². The zero-order chi connectivity index (χ0) is 17.1. The highest BCUT2D eigenvalue weighted by atomic mass is 14.2. The molecule has 0 aliphatic heterocycles. The van der Waals surface area contributed by atoms with Crippen molar-refractivity contribution in [3.8, 4) is 0 Å². The molecular weight excluding hydrogens is 264 g/mol. The Labute approximate surface area is 141 Å². The van der Waals surface area contributed by atoms with Gasteiger partial charge in [0.05, 0.1) is 0 Å². The van der Waals surface area contributed by atoms with Gasteiger partial charge in [-0.05, 0) is 56.3 Å². The Balaban J connectivity index is 0.00000211. The van der Waals surface area contributed by atoms with Gasteiger partial charge in [0, 0.05) is 0 Å². The molecule has 0 saturated carbocycles. The molecule has 130 valence electrons. The van der Waals surface area contributed by atoms with E-state index in [0.717, 1.165) is 23.7 Å². The SMILES string of the molecule is CC.CC1=CC=C(C(C)CCC(C)C(C)CCC(C)C)CC1. The van der Waals surface area contributed by atoms with Crippen LogP contribution in [-0.4, -0.2) is 0 Å². The second-order valence-corrected chi connectivity index (χ2v) is 7.66. The van der Waals surface area contributed by atoms with E-state index in [1.165, 1.54) is 44.1 Å². The van der Waals surface area contributed by atoms with Gasteiger partial charge in [0.2, 0.25) is 0 Å². The Hall–Kier alpha value is -0.520. The molecule has 0 fully saturated rings. The smallest absolute Gasteiger partial charge is 0.0228 e.